The van der Waals surface area contributed by atoms with E-state index in [4.69, 9.17) is 0 Å². The summed E-state index contributed by atoms with van der Waals surface area (Å²) < 4.78 is 0. The molecular weight excluding hydrogens is 290 g/mol. The minimum Gasteiger partial charge on any atom is -0.256 e. The highest BCUT2D eigenvalue weighted by atomic mass is 14.6. The maximum Gasteiger partial charge on any atom is 0.0714 e. The van der Waals surface area contributed by atoms with E-state index in [-0.39, 0.29) is 0 Å². The van der Waals surface area contributed by atoms with Gasteiger partial charge in [-0.2, -0.15) is 0 Å². The van der Waals surface area contributed by atoms with Gasteiger partial charge in [-0.15, -0.1) is 0 Å². The lowest BCUT2D eigenvalue weighted by Crippen LogP contribution is -1.89. The van der Waals surface area contributed by atoms with Gasteiger partial charge in [0, 0.05) is 17.0 Å². The summed E-state index contributed by atoms with van der Waals surface area (Å²) in [6.45, 7) is 0. The number of rotatable bonds is 0. The first kappa shape index (κ1) is 12.3. The third-order valence-corrected chi connectivity index (χ3v) is 5.21. The first-order valence-electron chi connectivity index (χ1n) is 8.25. The van der Waals surface area contributed by atoms with Crippen LogP contribution in [0.3, 0.4) is 0 Å². The lowest BCUT2D eigenvalue weighted by Gasteiger charge is -2.15. The topological polar surface area (TPSA) is 12.9 Å². The van der Waals surface area contributed by atoms with Crippen LogP contribution in [0.5, 0.6) is 0 Å². The van der Waals surface area contributed by atoms with E-state index in [2.05, 4.69) is 71.7 Å². The first-order valence-corrected chi connectivity index (χ1v) is 8.25. The third-order valence-electron chi connectivity index (χ3n) is 5.21. The zero-order chi connectivity index (χ0) is 15.7. The van der Waals surface area contributed by atoms with Crippen molar-refractivity contribution in [1.82, 2.24) is 4.98 Å². The molecule has 0 amide bonds. The summed E-state index contributed by atoms with van der Waals surface area (Å²) in [4.78, 5) is 4.61. The van der Waals surface area contributed by atoms with Crippen LogP contribution < -0.4 is 0 Å². The molecule has 0 fully saturated rings. The summed E-state index contributed by atoms with van der Waals surface area (Å²) in [5.41, 5.74) is 1.06. The lowest BCUT2D eigenvalue weighted by atomic mass is 9.88. The van der Waals surface area contributed by atoms with E-state index in [9.17, 15) is 0 Å². The normalized spacial score (nSPS) is 12.2. The van der Waals surface area contributed by atoms with E-state index in [1.54, 1.807) is 0 Å². The Morgan fingerprint density at radius 2 is 1.17 bits per heavy atom. The molecule has 0 atom stereocenters. The Bertz CT molecular complexity index is 1390. The molecule has 1 nitrogen and oxygen atoms in total. The molecule has 0 bridgehead atoms. The second kappa shape index (κ2) is 4.21. The van der Waals surface area contributed by atoms with Crippen molar-refractivity contribution in [3.05, 3.63) is 79.0 Å². The molecule has 6 rings (SSSR count). The number of hydrogen-bond donors (Lipinski definition) is 0. The predicted octanol–water partition coefficient (Wildman–Crippen LogP) is 6.29. The van der Waals surface area contributed by atoms with Gasteiger partial charge in [0.25, 0.3) is 0 Å². The molecule has 0 aliphatic carbocycles. The van der Waals surface area contributed by atoms with Gasteiger partial charge in [-0.25, -0.2) is 0 Å². The van der Waals surface area contributed by atoms with Crippen molar-refractivity contribution < 1.29 is 0 Å². The molecule has 0 aliphatic rings. The smallest absolute Gasteiger partial charge is 0.0714 e. The van der Waals surface area contributed by atoms with Crippen LogP contribution in [-0.2, 0) is 0 Å². The van der Waals surface area contributed by atoms with Crippen LogP contribution in [0.2, 0.25) is 0 Å². The molecule has 1 heterocycles. The SMILES string of the molecule is c1cc2cccc3c2c(c1)c1cccc2cc4ncccc4c3c21. The zero-order valence-corrected chi connectivity index (χ0v) is 13.0. The lowest BCUT2D eigenvalue weighted by molar-refractivity contribution is 1.42. The summed E-state index contributed by atoms with van der Waals surface area (Å²) in [6.07, 6.45) is 1.88. The summed E-state index contributed by atoms with van der Waals surface area (Å²) in [5.74, 6) is 0. The summed E-state index contributed by atoms with van der Waals surface area (Å²) in [5, 5.41) is 11.8. The Morgan fingerprint density at radius 3 is 2.00 bits per heavy atom. The molecule has 6 aromatic rings. The van der Waals surface area contributed by atoms with Crippen molar-refractivity contribution in [3.63, 3.8) is 0 Å². The minimum absolute atomic E-state index is 1.06. The molecule has 0 aliphatic heterocycles. The Balaban J connectivity index is 2.14. The van der Waals surface area contributed by atoms with E-state index in [0.717, 1.165) is 5.52 Å². The van der Waals surface area contributed by atoms with Crippen molar-refractivity contribution in [2.24, 2.45) is 0 Å². The zero-order valence-electron chi connectivity index (χ0n) is 13.0. The highest BCUT2D eigenvalue weighted by Crippen LogP contribution is 2.42. The summed E-state index contributed by atoms with van der Waals surface area (Å²) in [6, 6.07) is 26.3. The van der Waals surface area contributed by atoms with Crippen molar-refractivity contribution in [2.45, 2.75) is 0 Å². The molecule has 0 N–H and O–H groups in total. The molecule has 0 spiro atoms. The Kier molecular flexibility index (Phi) is 2.15. The maximum atomic E-state index is 4.61. The van der Waals surface area contributed by atoms with Gasteiger partial charge in [-0.3, -0.25) is 4.98 Å². The summed E-state index contributed by atoms with van der Waals surface area (Å²) >= 11 is 0. The fourth-order valence-corrected chi connectivity index (χ4v) is 4.27. The predicted molar refractivity (Wildman–Crippen MR) is 103 cm³/mol. The second-order valence-electron chi connectivity index (χ2n) is 6.43. The van der Waals surface area contributed by atoms with Crippen LogP contribution in [0.25, 0.3) is 54.0 Å². The van der Waals surface area contributed by atoms with Crippen molar-refractivity contribution in [1.29, 1.82) is 0 Å². The highest BCUT2D eigenvalue weighted by molar-refractivity contribution is 6.37. The van der Waals surface area contributed by atoms with Crippen LogP contribution in [0.15, 0.2) is 79.0 Å². The molecule has 0 saturated heterocycles. The average Bonchev–Trinajstić information content (AvgIpc) is 2.64. The minimum atomic E-state index is 1.06. The van der Waals surface area contributed by atoms with E-state index in [0.29, 0.717) is 0 Å². The van der Waals surface area contributed by atoms with Gasteiger partial charge in [0.05, 0.1) is 5.52 Å². The molecular formula is C23H13N. The van der Waals surface area contributed by atoms with Gasteiger partial charge in [-0.05, 0) is 49.8 Å². The second-order valence-corrected chi connectivity index (χ2v) is 6.43. The number of nitrogens with zero attached hydrogens (tertiary/aromatic N) is 1. The Hall–Kier alpha value is -3.19. The number of aromatic nitrogens is 1. The number of benzene rings is 5. The quantitative estimate of drug-likeness (QED) is 0.237. The van der Waals surface area contributed by atoms with Gasteiger partial charge in [-0.1, -0.05) is 60.7 Å². The van der Waals surface area contributed by atoms with Gasteiger partial charge in [0.15, 0.2) is 0 Å². The Morgan fingerprint density at radius 1 is 0.500 bits per heavy atom. The van der Waals surface area contributed by atoms with Gasteiger partial charge < -0.3 is 0 Å². The molecule has 1 aromatic heterocycles. The largest absolute Gasteiger partial charge is 0.256 e. The van der Waals surface area contributed by atoms with Crippen LogP contribution in [0.4, 0.5) is 0 Å². The average molecular weight is 303 g/mol. The van der Waals surface area contributed by atoms with Gasteiger partial charge in [0.2, 0.25) is 0 Å². The fraction of sp³-hybridized carbons (Fsp3) is 0. The van der Waals surface area contributed by atoms with E-state index >= 15 is 0 Å². The molecule has 0 saturated carbocycles. The van der Waals surface area contributed by atoms with Crippen molar-refractivity contribution >= 4 is 54.0 Å². The molecule has 5 aromatic carbocycles. The van der Waals surface area contributed by atoms with Crippen LogP contribution in [0.1, 0.15) is 0 Å². The third kappa shape index (κ3) is 1.38. The molecule has 24 heavy (non-hydrogen) atoms. The monoisotopic (exact) mass is 303 g/mol. The molecule has 110 valence electrons. The first-order chi connectivity index (χ1) is 11.9. The van der Waals surface area contributed by atoms with Crippen LogP contribution >= 0.6 is 0 Å². The van der Waals surface area contributed by atoms with Crippen molar-refractivity contribution in [3.8, 4) is 0 Å². The summed E-state index contributed by atoms with van der Waals surface area (Å²) in [7, 11) is 0. The number of fused-ring (bicyclic) bond motifs is 4. The van der Waals surface area contributed by atoms with Gasteiger partial charge in [0.1, 0.15) is 0 Å². The maximum absolute atomic E-state index is 4.61. The fourth-order valence-electron chi connectivity index (χ4n) is 4.27. The molecule has 0 radical (unpaired) electrons. The van der Waals surface area contributed by atoms with Crippen molar-refractivity contribution in [2.75, 3.05) is 0 Å². The number of pyridine rings is 1. The Labute approximate surface area is 138 Å². The number of hydrogen-bond acceptors (Lipinski definition) is 1. The van der Waals surface area contributed by atoms with Crippen LogP contribution in [-0.4, -0.2) is 4.98 Å². The van der Waals surface area contributed by atoms with E-state index < -0.39 is 0 Å². The van der Waals surface area contributed by atoms with E-state index in [1.165, 1.54) is 48.5 Å². The highest BCUT2D eigenvalue weighted by Gasteiger charge is 2.14. The van der Waals surface area contributed by atoms with E-state index in [1.807, 2.05) is 12.3 Å². The van der Waals surface area contributed by atoms with Crippen LogP contribution in [0, 0.1) is 0 Å². The molecule has 0 unspecified atom stereocenters. The standard InChI is InChI=1S/C23H13N/c1-5-14-6-2-10-19-21(14)16(8-1)17-9-3-7-15-13-20-18(11-4-12-24-20)23(19)22(15)17/h1-13H. The molecule has 1 heteroatoms. The van der Waals surface area contributed by atoms with Gasteiger partial charge >= 0.3 is 0 Å².